The van der Waals surface area contributed by atoms with Crippen molar-refractivity contribution in [1.29, 1.82) is 0 Å². The van der Waals surface area contributed by atoms with Crippen molar-refractivity contribution in [3.05, 3.63) is 0 Å². The van der Waals surface area contributed by atoms with Crippen molar-refractivity contribution in [1.82, 2.24) is 5.32 Å². The third kappa shape index (κ3) is 3.99. The Morgan fingerprint density at radius 1 is 1.36 bits per heavy atom. The highest BCUT2D eigenvalue weighted by molar-refractivity contribution is 7.99. The van der Waals surface area contributed by atoms with Gasteiger partial charge in [-0.2, -0.15) is 11.8 Å². The Morgan fingerprint density at radius 2 is 2.27 bits per heavy atom. The topological polar surface area (TPSA) is 32.3 Å². The van der Waals surface area contributed by atoms with Gasteiger partial charge in [-0.25, -0.2) is 0 Å². The van der Waals surface area contributed by atoms with Crippen LogP contribution in [0.15, 0.2) is 0 Å². The maximum absolute atomic E-state index is 8.63. The van der Waals surface area contributed by atoms with E-state index in [0.717, 1.165) is 17.5 Å². The fourth-order valence-electron chi connectivity index (χ4n) is 1.37. The Hall–Kier alpha value is 0.270. The van der Waals surface area contributed by atoms with Crippen LogP contribution in [0.3, 0.4) is 0 Å². The summed E-state index contributed by atoms with van der Waals surface area (Å²) < 4.78 is 0. The maximum atomic E-state index is 8.63. The van der Waals surface area contributed by atoms with Crippen LogP contribution >= 0.6 is 11.8 Å². The minimum atomic E-state index is 0.328. The van der Waals surface area contributed by atoms with Gasteiger partial charge in [0.25, 0.3) is 0 Å². The highest BCUT2D eigenvalue weighted by atomic mass is 32.2. The molecular weight excluding hydrogens is 158 g/mol. The van der Waals surface area contributed by atoms with E-state index in [-0.39, 0.29) is 0 Å². The first-order valence-electron chi connectivity index (χ1n) is 4.36. The molecule has 0 aromatic rings. The molecule has 11 heavy (non-hydrogen) atoms. The van der Waals surface area contributed by atoms with Crippen molar-refractivity contribution in [2.75, 3.05) is 25.4 Å². The zero-order chi connectivity index (χ0) is 7.94. The number of hydrogen-bond acceptors (Lipinski definition) is 3. The lowest BCUT2D eigenvalue weighted by atomic mass is 10.2. The van der Waals surface area contributed by atoms with Crippen LogP contribution in [0.5, 0.6) is 0 Å². The molecule has 2 nitrogen and oxygen atoms in total. The third-order valence-electron chi connectivity index (χ3n) is 1.97. The molecule has 1 saturated heterocycles. The zero-order valence-corrected chi connectivity index (χ0v) is 7.70. The lowest BCUT2D eigenvalue weighted by molar-refractivity contribution is 0.322. The van der Waals surface area contributed by atoms with E-state index in [1.54, 1.807) is 0 Å². The van der Waals surface area contributed by atoms with E-state index in [9.17, 15) is 0 Å². The van der Waals surface area contributed by atoms with Crippen molar-refractivity contribution < 1.29 is 5.11 Å². The van der Waals surface area contributed by atoms with Gasteiger partial charge < -0.3 is 10.4 Å². The Balaban J connectivity index is 2.09. The van der Waals surface area contributed by atoms with Crippen molar-refractivity contribution in [3.8, 4) is 0 Å². The number of aliphatic hydroxyl groups excluding tert-OH is 1. The number of thioether (sulfide) groups is 1. The summed E-state index contributed by atoms with van der Waals surface area (Å²) in [6, 6.07) is 0. The normalized spacial score (nSPS) is 26.5. The van der Waals surface area contributed by atoms with E-state index in [2.05, 4.69) is 5.32 Å². The summed E-state index contributed by atoms with van der Waals surface area (Å²) in [5.74, 6) is 0.907. The van der Waals surface area contributed by atoms with Crippen LogP contribution in [0.25, 0.3) is 0 Å². The van der Waals surface area contributed by atoms with Crippen LogP contribution in [0, 0.1) is 0 Å². The summed E-state index contributed by atoms with van der Waals surface area (Å²) >= 11 is 1.92. The summed E-state index contributed by atoms with van der Waals surface area (Å²) in [5.41, 5.74) is 0. The molecule has 1 fully saturated rings. The second-order valence-electron chi connectivity index (χ2n) is 2.90. The van der Waals surface area contributed by atoms with Gasteiger partial charge in [-0.15, -0.1) is 0 Å². The Bertz CT molecular complexity index is 92.1. The first-order valence-corrected chi connectivity index (χ1v) is 5.41. The lowest BCUT2D eigenvalue weighted by Gasteiger charge is -2.11. The van der Waals surface area contributed by atoms with Crippen molar-refractivity contribution in [2.45, 2.75) is 24.5 Å². The molecule has 0 saturated carbocycles. The lowest BCUT2D eigenvalue weighted by Crippen LogP contribution is -2.14. The molecule has 1 rings (SSSR count). The van der Waals surface area contributed by atoms with Gasteiger partial charge in [0, 0.05) is 11.0 Å². The van der Waals surface area contributed by atoms with Crippen LogP contribution in [-0.4, -0.2) is 35.8 Å². The van der Waals surface area contributed by atoms with Crippen molar-refractivity contribution in [3.63, 3.8) is 0 Å². The van der Waals surface area contributed by atoms with E-state index >= 15 is 0 Å². The highest BCUT2D eigenvalue weighted by Crippen LogP contribution is 2.20. The first kappa shape index (κ1) is 9.36. The van der Waals surface area contributed by atoms with E-state index in [0.29, 0.717) is 6.61 Å². The highest BCUT2D eigenvalue weighted by Gasteiger charge is 2.10. The van der Waals surface area contributed by atoms with Gasteiger partial charge in [-0.1, -0.05) is 0 Å². The molecular formula is C8H17NOS. The van der Waals surface area contributed by atoms with Gasteiger partial charge in [0.2, 0.25) is 0 Å². The van der Waals surface area contributed by atoms with Gasteiger partial charge in [-0.05, 0) is 32.4 Å². The van der Waals surface area contributed by atoms with E-state index in [4.69, 9.17) is 5.11 Å². The number of hydrogen-bond donors (Lipinski definition) is 2. The summed E-state index contributed by atoms with van der Waals surface area (Å²) in [7, 11) is 0. The molecule has 0 aromatic heterocycles. The van der Waals surface area contributed by atoms with Crippen LogP contribution in [0.4, 0.5) is 0 Å². The molecule has 3 heteroatoms. The molecule has 0 bridgehead atoms. The van der Waals surface area contributed by atoms with Gasteiger partial charge in [0.1, 0.15) is 0 Å². The molecule has 1 atom stereocenters. The molecule has 0 spiro atoms. The van der Waals surface area contributed by atoms with Gasteiger partial charge >= 0.3 is 0 Å². The fourth-order valence-corrected chi connectivity index (χ4v) is 2.43. The average molecular weight is 175 g/mol. The van der Waals surface area contributed by atoms with Gasteiger partial charge in [0.05, 0.1) is 6.61 Å². The minimum absolute atomic E-state index is 0.328. The Kier molecular flexibility index (Phi) is 4.99. The third-order valence-corrected chi connectivity index (χ3v) is 3.33. The summed E-state index contributed by atoms with van der Waals surface area (Å²) in [6.45, 7) is 2.66. The maximum Gasteiger partial charge on any atom is 0.0521 e. The molecule has 0 amide bonds. The van der Waals surface area contributed by atoms with Crippen molar-refractivity contribution in [2.24, 2.45) is 0 Å². The SMILES string of the molecule is OCCSC1CCCNCC1. The number of rotatable bonds is 3. The van der Waals surface area contributed by atoms with Crippen LogP contribution in [0.2, 0.25) is 0 Å². The molecule has 1 aliphatic heterocycles. The number of nitrogens with one attached hydrogen (secondary N) is 1. The molecule has 0 aromatic carbocycles. The van der Waals surface area contributed by atoms with Crippen LogP contribution < -0.4 is 5.32 Å². The van der Waals surface area contributed by atoms with Crippen LogP contribution in [0.1, 0.15) is 19.3 Å². The molecule has 1 unspecified atom stereocenters. The monoisotopic (exact) mass is 175 g/mol. The second kappa shape index (κ2) is 5.86. The summed E-state index contributed by atoms with van der Waals surface area (Å²) in [4.78, 5) is 0. The molecule has 66 valence electrons. The zero-order valence-electron chi connectivity index (χ0n) is 6.88. The smallest absolute Gasteiger partial charge is 0.0521 e. The molecule has 0 radical (unpaired) electrons. The molecule has 1 heterocycles. The predicted octanol–water partition coefficient (Wildman–Crippen LogP) is 0.854. The quantitative estimate of drug-likeness (QED) is 0.667. The van der Waals surface area contributed by atoms with Crippen molar-refractivity contribution >= 4 is 11.8 Å². The first-order chi connectivity index (χ1) is 5.43. The summed E-state index contributed by atoms with van der Waals surface area (Å²) in [5, 5.41) is 12.8. The van der Waals surface area contributed by atoms with E-state index in [1.165, 1.54) is 25.8 Å². The Labute approximate surface area is 72.8 Å². The Morgan fingerprint density at radius 3 is 3.09 bits per heavy atom. The van der Waals surface area contributed by atoms with E-state index in [1.807, 2.05) is 11.8 Å². The van der Waals surface area contributed by atoms with Gasteiger partial charge in [0.15, 0.2) is 0 Å². The molecule has 2 N–H and O–H groups in total. The molecule has 0 aliphatic carbocycles. The van der Waals surface area contributed by atoms with E-state index < -0.39 is 0 Å². The minimum Gasteiger partial charge on any atom is -0.396 e. The standard InChI is InChI=1S/C8H17NOS/c10-6-7-11-8-2-1-4-9-5-3-8/h8-10H,1-7H2. The largest absolute Gasteiger partial charge is 0.396 e. The molecule has 1 aliphatic rings. The summed E-state index contributed by atoms with van der Waals surface area (Å²) in [6.07, 6.45) is 3.88. The van der Waals surface area contributed by atoms with Crippen LogP contribution in [-0.2, 0) is 0 Å². The second-order valence-corrected chi connectivity index (χ2v) is 4.31. The fraction of sp³-hybridized carbons (Fsp3) is 1.00. The predicted molar refractivity (Wildman–Crippen MR) is 50.1 cm³/mol. The number of aliphatic hydroxyl groups is 1. The van der Waals surface area contributed by atoms with Gasteiger partial charge in [-0.3, -0.25) is 0 Å². The average Bonchev–Trinajstić information content (AvgIpc) is 2.28.